The fourth-order valence-electron chi connectivity index (χ4n) is 1.52. The van der Waals surface area contributed by atoms with Gasteiger partial charge in [0.15, 0.2) is 0 Å². The van der Waals surface area contributed by atoms with E-state index in [9.17, 15) is 0 Å². The third-order valence-corrected chi connectivity index (χ3v) is 2.35. The standard InChI is InChI=1S/C12H14N2O/c13-7-11-5-6-14(9-11)8-10-1-3-12(15)4-2-10/h1-6,9,15H,7-8,13H2. The number of aromatic hydroxyl groups is 1. The van der Waals surface area contributed by atoms with Crippen molar-refractivity contribution < 1.29 is 5.11 Å². The van der Waals surface area contributed by atoms with Gasteiger partial charge < -0.3 is 15.4 Å². The molecule has 2 aromatic rings. The molecule has 1 heterocycles. The maximum Gasteiger partial charge on any atom is 0.115 e. The van der Waals surface area contributed by atoms with Gasteiger partial charge in [0.2, 0.25) is 0 Å². The van der Waals surface area contributed by atoms with Crippen molar-refractivity contribution in [2.45, 2.75) is 13.1 Å². The second-order valence-corrected chi connectivity index (χ2v) is 3.56. The summed E-state index contributed by atoms with van der Waals surface area (Å²) in [7, 11) is 0. The summed E-state index contributed by atoms with van der Waals surface area (Å²) >= 11 is 0. The van der Waals surface area contributed by atoms with Crippen molar-refractivity contribution in [3.05, 3.63) is 53.9 Å². The van der Waals surface area contributed by atoms with Gasteiger partial charge in [0, 0.05) is 25.5 Å². The number of nitrogens with two attached hydrogens (primary N) is 1. The third kappa shape index (κ3) is 2.39. The van der Waals surface area contributed by atoms with Crippen LogP contribution in [0.1, 0.15) is 11.1 Å². The molecule has 0 saturated heterocycles. The molecule has 0 bridgehead atoms. The number of hydrogen-bond acceptors (Lipinski definition) is 2. The van der Waals surface area contributed by atoms with Crippen LogP contribution in [-0.4, -0.2) is 9.67 Å². The molecular formula is C12H14N2O. The molecule has 3 N–H and O–H groups in total. The summed E-state index contributed by atoms with van der Waals surface area (Å²) < 4.78 is 2.08. The Bertz CT molecular complexity index is 431. The molecule has 15 heavy (non-hydrogen) atoms. The highest BCUT2D eigenvalue weighted by molar-refractivity contribution is 5.26. The van der Waals surface area contributed by atoms with Crippen molar-refractivity contribution >= 4 is 0 Å². The molecule has 3 heteroatoms. The Morgan fingerprint density at radius 3 is 2.40 bits per heavy atom. The highest BCUT2D eigenvalue weighted by atomic mass is 16.3. The van der Waals surface area contributed by atoms with Crippen molar-refractivity contribution in [2.24, 2.45) is 5.73 Å². The van der Waals surface area contributed by atoms with E-state index in [1.165, 1.54) is 0 Å². The van der Waals surface area contributed by atoms with Crippen LogP contribution in [0.2, 0.25) is 0 Å². The van der Waals surface area contributed by atoms with Gasteiger partial charge in [0.25, 0.3) is 0 Å². The van der Waals surface area contributed by atoms with Crippen LogP contribution in [-0.2, 0) is 13.1 Å². The number of rotatable bonds is 3. The number of phenols is 1. The zero-order chi connectivity index (χ0) is 10.7. The van der Waals surface area contributed by atoms with E-state index >= 15 is 0 Å². The summed E-state index contributed by atoms with van der Waals surface area (Å²) in [5, 5.41) is 9.14. The lowest BCUT2D eigenvalue weighted by Gasteiger charge is -2.03. The predicted molar refractivity (Wildman–Crippen MR) is 59.5 cm³/mol. The van der Waals surface area contributed by atoms with E-state index in [0.29, 0.717) is 12.3 Å². The Hall–Kier alpha value is -1.74. The molecule has 0 spiro atoms. The molecule has 0 fully saturated rings. The fourth-order valence-corrected chi connectivity index (χ4v) is 1.52. The van der Waals surface area contributed by atoms with Crippen LogP contribution in [0.4, 0.5) is 0 Å². The topological polar surface area (TPSA) is 51.2 Å². The van der Waals surface area contributed by atoms with Crippen molar-refractivity contribution in [1.29, 1.82) is 0 Å². The van der Waals surface area contributed by atoms with E-state index in [-0.39, 0.29) is 0 Å². The van der Waals surface area contributed by atoms with Gasteiger partial charge >= 0.3 is 0 Å². The summed E-state index contributed by atoms with van der Waals surface area (Å²) in [5.41, 5.74) is 7.82. The molecule has 0 aliphatic carbocycles. The molecule has 0 aliphatic rings. The second-order valence-electron chi connectivity index (χ2n) is 3.56. The SMILES string of the molecule is NCc1ccn(Cc2ccc(O)cc2)c1. The molecular weight excluding hydrogens is 188 g/mol. The molecule has 0 atom stereocenters. The zero-order valence-electron chi connectivity index (χ0n) is 8.43. The first-order valence-corrected chi connectivity index (χ1v) is 4.90. The maximum absolute atomic E-state index is 9.14. The van der Waals surface area contributed by atoms with Crippen LogP contribution in [0, 0.1) is 0 Å². The van der Waals surface area contributed by atoms with Crippen molar-refractivity contribution in [2.75, 3.05) is 0 Å². The monoisotopic (exact) mass is 202 g/mol. The Balaban J connectivity index is 2.11. The van der Waals surface area contributed by atoms with Crippen LogP contribution in [0.15, 0.2) is 42.7 Å². The Kier molecular flexibility index (Phi) is 2.74. The Morgan fingerprint density at radius 1 is 1.07 bits per heavy atom. The van der Waals surface area contributed by atoms with Gasteiger partial charge in [-0.3, -0.25) is 0 Å². The van der Waals surface area contributed by atoms with Gasteiger partial charge in [-0.2, -0.15) is 0 Å². The highest BCUT2D eigenvalue weighted by Gasteiger charge is 1.97. The Labute approximate surface area is 88.8 Å². The van der Waals surface area contributed by atoms with Gasteiger partial charge in [-0.1, -0.05) is 12.1 Å². The van der Waals surface area contributed by atoms with E-state index in [1.54, 1.807) is 12.1 Å². The quantitative estimate of drug-likeness (QED) is 0.796. The molecule has 0 unspecified atom stereocenters. The van der Waals surface area contributed by atoms with Gasteiger partial charge in [0.1, 0.15) is 5.75 Å². The van der Waals surface area contributed by atoms with Crippen LogP contribution in [0.3, 0.4) is 0 Å². The van der Waals surface area contributed by atoms with Crippen LogP contribution in [0.25, 0.3) is 0 Å². The number of benzene rings is 1. The lowest BCUT2D eigenvalue weighted by Crippen LogP contribution is -1.97. The second kappa shape index (κ2) is 4.19. The molecule has 1 aromatic heterocycles. The van der Waals surface area contributed by atoms with Crippen molar-refractivity contribution in [1.82, 2.24) is 4.57 Å². The predicted octanol–water partition coefficient (Wildman–Crippen LogP) is 1.70. The number of aromatic nitrogens is 1. The van der Waals surface area contributed by atoms with Gasteiger partial charge in [-0.05, 0) is 29.3 Å². The smallest absolute Gasteiger partial charge is 0.115 e. The van der Waals surface area contributed by atoms with Crippen LogP contribution >= 0.6 is 0 Å². The lowest BCUT2D eigenvalue weighted by atomic mass is 10.2. The summed E-state index contributed by atoms with van der Waals surface area (Å²) in [5.74, 6) is 0.300. The van der Waals surface area contributed by atoms with E-state index in [0.717, 1.165) is 17.7 Å². The average molecular weight is 202 g/mol. The summed E-state index contributed by atoms with van der Waals surface area (Å²) in [6.45, 7) is 1.38. The first-order valence-electron chi connectivity index (χ1n) is 4.90. The van der Waals surface area contributed by atoms with Gasteiger partial charge in [-0.25, -0.2) is 0 Å². The summed E-state index contributed by atoms with van der Waals surface area (Å²) in [6.07, 6.45) is 4.04. The number of phenolic OH excluding ortho intramolecular Hbond substituents is 1. The van der Waals surface area contributed by atoms with Crippen molar-refractivity contribution in [3.8, 4) is 5.75 Å². The molecule has 0 amide bonds. The molecule has 0 saturated carbocycles. The van der Waals surface area contributed by atoms with E-state index in [2.05, 4.69) is 4.57 Å². The number of hydrogen-bond donors (Lipinski definition) is 2. The molecule has 78 valence electrons. The third-order valence-electron chi connectivity index (χ3n) is 2.35. The van der Waals surface area contributed by atoms with Crippen molar-refractivity contribution in [3.63, 3.8) is 0 Å². The van der Waals surface area contributed by atoms with E-state index in [1.807, 2.05) is 30.6 Å². The molecule has 0 aliphatic heterocycles. The minimum Gasteiger partial charge on any atom is -0.508 e. The molecule has 1 aromatic carbocycles. The summed E-state index contributed by atoms with van der Waals surface area (Å²) in [6, 6.07) is 9.24. The Morgan fingerprint density at radius 2 is 1.80 bits per heavy atom. The number of nitrogens with zero attached hydrogens (tertiary/aromatic N) is 1. The minimum atomic E-state index is 0.300. The zero-order valence-corrected chi connectivity index (χ0v) is 8.43. The minimum absolute atomic E-state index is 0.300. The fraction of sp³-hybridized carbons (Fsp3) is 0.167. The summed E-state index contributed by atoms with van der Waals surface area (Å²) in [4.78, 5) is 0. The first kappa shape index (κ1) is 9.80. The molecule has 0 radical (unpaired) electrons. The van der Waals surface area contributed by atoms with Crippen LogP contribution < -0.4 is 5.73 Å². The largest absolute Gasteiger partial charge is 0.508 e. The molecule has 3 nitrogen and oxygen atoms in total. The van der Waals surface area contributed by atoms with E-state index < -0.39 is 0 Å². The van der Waals surface area contributed by atoms with Crippen LogP contribution in [0.5, 0.6) is 5.75 Å². The van der Waals surface area contributed by atoms with Gasteiger partial charge in [0.05, 0.1) is 0 Å². The lowest BCUT2D eigenvalue weighted by molar-refractivity contribution is 0.475. The molecule has 2 rings (SSSR count). The first-order chi connectivity index (χ1) is 7.28. The van der Waals surface area contributed by atoms with E-state index in [4.69, 9.17) is 10.8 Å². The average Bonchev–Trinajstić information content (AvgIpc) is 2.69. The van der Waals surface area contributed by atoms with Gasteiger partial charge in [-0.15, -0.1) is 0 Å². The maximum atomic E-state index is 9.14. The highest BCUT2D eigenvalue weighted by Crippen LogP contribution is 2.11. The normalized spacial score (nSPS) is 10.5.